The minimum Gasteiger partial charge on any atom is -0.493 e. The van der Waals surface area contributed by atoms with Crippen molar-refractivity contribution in [1.82, 2.24) is 4.90 Å². The third-order valence-corrected chi connectivity index (χ3v) is 2.96. The minimum absolute atomic E-state index is 0. The molecule has 1 unspecified atom stereocenters. The first-order chi connectivity index (χ1) is 8.56. The number of hydrogen-bond donors (Lipinski definition) is 1. The van der Waals surface area contributed by atoms with Crippen LogP contribution in [0.1, 0.15) is 17.3 Å². The fourth-order valence-electron chi connectivity index (χ4n) is 1.60. The van der Waals surface area contributed by atoms with Gasteiger partial charge < -0.3 is 20.1 Å². The predicted molar refractivity (Wildman–Crippen MR) is 77.4 cm³/mol. The Bertz CT molecular complexity index is 426. The third kappa shape index (κ3) is 3.75. The molecule has 0 fully saturated rings. The molecule has 0 aliphatic rings. The summed E-state index contributed by atoms with van der Waals surface area (Å²) in [4.78, 5) is 13.9. The SMILES string of the molecule is COc1cccc(C(=O)N(C)C(C)CN)c1OC.Cl. The van der Waals surface area contributed by atoms with Gasteiger partial charge in [0.1, 0.15) is 0 Å². The standard InChI is InChI=1S/C13H20N2O3.ClH/c1-9(8-14)15(2)13(16)10-6-5-7-11(17-3)12(10)18-4;/h5-7,9H,8,14H2,1-4H3;1H. The van der Waals surface area contributed by atoms with Crippen molar-refractivity contribution in [2.45, 2.75) is 13.0 Å². The molecule has 0 bridgehead atoms. The molecule has 108 valence electrons. The molecule has 1 rings (SSSR count). The number of rotatable bonds is 5. The molecular weight excluding hydrogens is 268 g/mol. The molecule has 1 aromatic rings. The van der Waals surface area contributed by atoms with E-state index >= 15 is 0 Å². The van der Waals surface area contributed by atoms with Crippen LogP contribution in [0, 0.1) is 0 Å². The van der Waals surface area contributed by atoms with E-state index in [1.165, 1.54) is 7.11 Å². The smallest absolute Gasteiger partial charge is 0.257 e. The Morgan fingerprint density at radius 1 is 1.37 bits per heavy atom. The molecule has 19 heavy (non-hydrogen) atoms. The van der Waals surface area contributed by atoms with E-state index in [9.17, 15) is 4.79 Å². The second kappa shape index (κ2) is 7.86. The van der Waals surface area contributed by atoms with E-state index in [2.05, 4.69) is 0 Å². The van der Waals surface area contributed by atoms with E-state index < -0.39 is 0 Å². The highest BCUT2D eigenvalue weighted by atomic mass is 35.5. The van der Waals surface area contributed by atoms with Gasteiger partial charge in [-0.15, -0.1) is 12.4 Å². The summed E-state index contributed by atoms with van der Waals surface area (Å²) in [6, 6.07) is 5.19. The molecule has 0 radical (unpaired) electrons. The zero-order valence-electron chi connectivity index (χ0n) is 11.7. The molecule has 1 amide bonds. The highest BCUT2D eigenvalue weighted by Crippen LogP contribution is 2.31. The van der Waals surface area contributed by atoms with Gasteiger partial charge in [-0.2, -0.15) is 0 Å². The Morgan fingerprint density at radius 3 is 2.47 bits per heavy atom. The van der Waals surface area contributed by atoms with Gasteiger partial charge >= 0.3 is 0 Å². The van der Waals surface area contributed by atoms with Crippen molar-refractivity contribution in [3.63, 3.8) is 0 Å². The van der Waals surface area contributed by atoms with E-state index in [4.69, 9.17) is 15.2 Å². The number of ether oxygens (including phenoxy) is 2. The second-order valence-electron chi connectivity index (χ2n) is 4.04. The zero-order valence-corrected chi connectivity index (χ0v) is 12.5. The van der Waals surface area contributed by atoms with Crippen LogP contribution in [0.5, 0.6) is 11.5 Å². The molecule has 2 N–H and O–H groups in total. The topological polar surface area (TPSA) is 64.8 Å². The van der Waals surface area contributed by atoms with E-state index in [0.717, 1.165) is 0 Å². The number of methoxy groups -OCH3 is 2. The van der Waals surface area contributed by atoms with E-state index in [0.29, 0.717) is 23.6 Å². The lowest BCUT2D eigenvalue weighted by Crippen LogP contribution is -2.39. The van der Waals surface area contributed by atoms with Crippen LogP contribution >= 0.6 is 12.4 Å². The van der Waals surface area contributed by atoms with Crippen LogP contribution in [0.2, 0.25) is 0 Å². The lowest BCUT2D eigenvalue weighted by Gasteiger charge is -2.24. The fourth-order valence-corrected chi connectivity index (χ4v) is 1.60. The fraction of sp³-hybridized carbons (Fsp3) is 0.462. The summed E-state index contributed by atoms with van der Waals surface area (Å²) in [6.45, 7) is 2.30. The van der Waals surface area contributed by atoms with Crippen LogP contribution in [-0.2, 0) is 0 Å². The Labute approximate surface area is 120 Å². The summed E-state index contributed by atoms with van der Waals surface area (Å²) in [7, 11) is 4.78. The largest absolute Gasteiger partial charge is 0.493 e. The summed E-state index contributed by atoms with van der Waals surface area (Å²) >= 11 is 0. The molecule has 6 heteroatoms. The van der Waals surface area contributed by atoms with Crippen molar-refractivity contribution in [3.8, 4) is 11.5 Å². The van der Waals surface area contributed by atoms with Crippen LogP contribution in [0.15, 0.2) is 18.2 Å². The summed E-state index contributed by atoms with van der Waals surface area (Å²) in [5.41, 5.74) is 6.04. The monoisotopic (exact) mass is 288 g/mol. The van der Waals surface area contributed by atoms with Crippen molar-refractivity contribution in [1.29, 1.82) is 0 Å². The number of halogens is 1. The van der Waals surface area contributed by atoms with Crippen LogP contribution in [0.4, 0.5) is 0 Å². The third-order valence-electron chi connectivity index (χ3n) is 2.96. The Kier molecular flexibility index (Phi) is 7.26. The van der Waals surface area contributed by atoms with E-state index in [1.807, 2.05) is 6.92 Å². The van der Waals surface area contributed by atoms with Gasteiger partial charge in [-0.05, 0) is 19.1 Å². The van der Waals surface area contributed by atoms with Gasteiger partial charge in [0, 0.05) is 19.6 Å². The first-order valence-electron chi connectivity index (χ1n) is 5.75. The average molecular weight is 289 g/mol. The zero-order chi connectivity index (χ0) is 13.7. The minimum atomic E-state index is -0.135. The molecule has 1 aromatic carbocycles. The maximum absolute atomic E-state index is 12.3. The van der Waals surface area contributed by atoms with Gasteiger partial charge in [-0.25, -0.2) is 0 Å². The number of para-hydroxylation sites is 1. The van der Waals surface area contributed by atoms with Gasteiger partial charge in [-0.1, -0.05) is 6.07 Å². The van der Waals surface area contributed by atoms with E-state index in [1.54, 1.807) is 37.3 Å². The van der Waals surface area contributed by atoms with Crippen LogP contribution < -0.4 is 15.2 Å². The van der Waals surface area contributed by atoms with Crippen molar-refractivity contribution < 1.29 is 14.3 Å². The Balaban J connectivity index is 0.00000324. The molecule has 0 aromatic heterocycles. The van der Waals surface area contributed by atoms with Gasteiger partial charge in [0.15, 0.2) is 11.5 Å². The highest BCUT2D eigenvalue weighted by molar-refractivity contribution is 5.97. The van der Waals surface area contributed by atoms with Gasteiger partial charge in [0.2, 0.25) is 0 Å². The molecule has 0 saturated heterocycles. The molecule has 5 nitrogen and oxygen atoms in total. The highest BCUT2D eigenvalue weighted by Gasteiger charge is 2.21. The Hall–Kier alpha value is -1.46. The normalized spacial score (nSPS) is 11.2. The summed E-state index contributed by atoms with van der Waals surface area (Å²) in [6.07, 6.45) is 0. The lowest BCUT2D eigenvalue weighted by atomic mass is 10.1. The summed E-state index contributed by atoms with van der Waals surface area (Å²) in [5.74, 6) is 0.849. The molecule has 1 atom stereocenters. The van der Waals surface area contributed by atoms with Crippen molar-refractivity contribution in [2.24, 2.45) is 5.73 Å². The predicted octanol–water partition coefficient (Wildman–Crippen LogP) is 1.54. The number of nitrogens with zero attached hydrogens (tertiary/aromatic N) is 1. The number of hydrogen-bond acceptors (Lipinski definition) is 4. The number of carbonyl (C=O) groups is 1. The number of nitrogens with two attached hydrogens (primary N) is 1. The first-order valence-corrected chi connectivity index (χ1v) is 5.75. The Morgan fingerprint density at radius 2 is 2.00 bits per heavy atom. The number of likely N-dealkylation sites (N-methyl/N-ethyl adjacent to an activating group) is 1. The van der Waals surface area contributed by atoms with Gasteiger partial charge in [0.25, 0.3) is 5.91 Å². The van der Waals surface area contributed by atoms with Crippen molar-refractivity contribution in [3.05, 3.63) is 23.8 Å². The van der Waals surface area contributed by atoms with Gasteiger partial charge in [-0.3, -0.25) is 4.79 Å². The van der Waals surface area contributed by atoms with Crippen molar-refractivity contribution >= 4 is 18.3 Å². The van der Waals surface area contributed by atoms with Crippen LogP contribution in [0.25, 0.3) is 0 Å². The number of carbonyl (C=O) groups excluding carboxylic acids is 1. The molecule has 0 aliphatic carbocycles. The summed E-state index contributed by atoms with van der Waals surface area (Å²) < 4.78 is 10.4. The second-order valence-corrected chi connectivity index (χ2v) is 4.04. The van der Waals surface area contributed by atoms with Gasteiger partial charge in [0.05, 0.1) is 19.8 Å². The number of amides is 1. The molecule has 0 aliphatic heterocycles. The maximum atomic E-state index is 12.3. The average Bonchev–Trinajstić information content (AvgIpc) is 2.43. The first kappa shape index (κ1) is 17.5. The van der Waals surface area contributed by atoms with Crippen LogP contribution in [-0.4, -0.2) is 44.7 Å². The quantitative estimate of drug-likeness (QED) is 0.893. The molecule has 0 heterocycles. The lowest BCUT2D eigenvalue weighted by molar-refractivity contribution is 0.0744. The number of benzene rings is 1. The molecule has 0 spiro atoms. The maximum Gasteiger partial charge on any atom is 0.257 e. The van der Waals surface area contributed by atoms with Crippen molar-refractivity contribution in [2.75, 3.05) is 27.8 Å². The van der Waals surface area contributed by atoms with E-state index in [-0.39, 0.29) is 24.4 Å². The van der Waals surface area contributed by atoms with Crippen LogP contribution in [0.3, 0.4) is 0 Å². The molecular formula is C13H21ClN2O3. The summed E-state index contributed by atoms with van der Waals surface area (Å²) in [5, 5.41) is 0. The molecule has 0 saturated carbocycles.